The summed E-state index contributed by atoms with van der Waals surface area (Å²) in [6, 6.07) is 12.5. The van der Waals surface area contributed by atoms with E-state index in [1.807, 2.05) is 0 Å². The smallest absolute Gasteiger partial charge is 0.158 e. The molecule has 0 aromatic heterocycles. The molecule has 0 unspecified atom stereocenters. The first kappa shape index (κ1) is 15.6. The zero-order valence-corrected chi connectivity index (χ0v) is 12.8. The molecule has 0 spiro atoms. The van der Waals surface area contributed by atoms with Crippen molar-refractivity contribution in [3.63, 3.8) is 0 Å². The summed E-state index contributed by atoms with van der Waals surface area (Å²) in [4.78, 5) is 0.260. The Hall–Kier alpha value is -1.79. The minimum absolute atomic E-state index is 0.154. The SMILES string of the molecule is NC(=S)c1ccc(CS(=O)(=O)Cc2ccccc2F)cc1. The minimum atomic E-state index is -3.45. The number of sulfone groups is 1. The standard InChI is InChI=1S/C15H14FNO2S2/c16-14-4-2-1-3-13(14)10-21(18,19)9-11-5-7-12(8-6-11)15(17)20/h1-8H,9-10H2,(H2,17,20). The van der Waals surface area contributed by atoms with Gasteiger partial charge in [0.25, 0.3) is 0 Å². The maximum absolute atomic E-state index is 13.5. The van der Waals surface area contributed by atoms with Crippen molar-refractivity contribution in [3.05, 3.63) is 71.0 Å². The minimum Gasteiger partial charge on any atom is -0.389 e. The van der Waals surface area contributed by atoms with Crippen molar-refractivity contribution >= 4 is 27.0 Å². The Morgan fingerprint density at radius 2 is 1.67 bits per heavy atom. The molecule has 0 saturated heterocycles. The third kappa shape index (κ3) is 4.34. The summed E-state index contributed by atoms with van der Waals surface area (Å²) in [6.07, 6.45) is 0. The summed E-state index contributed by atoms with van der Waals surface area (Å²) in [5.41, 5.74) is 6.96. The molecule has 0 fully saturated rings. The Morgan fingerprint density at radius 1 is 1.05 bits per heavy atom. The first-order valence-corrected chi connectivity index (χ1v) is 8.43. The molecule has 3 nitrogen and oxygen atoms in total. The number of halogens is 1. The van der Waals surface area contributed by atoms with Gasteiger partial charge in [-0.15, -0.1) is 0 Å². The van der Waals surface area contributed by atoms with Crippen molar-refractivity contribution in [2.45, 2.75) is 11.5 Å². The quantitative estimate of drug-likeness (QED) is 0.859. The molecule has 0 aliphatic carbocycles. The second-order valence-corrected chi connectivity index (χ2v) is 7.19. The zero-order valence-electron chi connectivity index (χ0n) is 11.1. The Bertz CT molecular complexity index is 755. The van der Waals surface area contributed by atoms with Crippen LogP contribution in [0.2, 0.25) is 0 Å². The van der Waals surface area contributed by atoms with Crippen LogP contribution in [0.3, 0.4) is 0 Å². The predicted molar refractivity (Wildman–Crippen MR) is 85.1 cm³/mol. The second-order valence-electron chi connectivity index (χ2n) is 4.68. The van der Waals surface area contributed by atoms with Crippen molar-refractivity contribution in [1.29, 1.82) is 0 Å². The van der Waals surface area contributed by atoms with Gasteiger partial charge in [-0.3, -0.25) is 0 Å². The van der Waals surface area contributed by atoms with E-state index in [2.05, 4.69) is 0 Å². The van der Waals surface area contributed by atoms with Gasteiger partial charge in [-0.05, 0) is 11.6 Å². The molecule has 6 heteroatoms. The van der Waals surface area contributed by atoms with Gasteiger partial charge in [-0.1, -0.05) is 54.7 Å². The lowest BCUT2D eigenvalue weighted by Crippen LogP contribution is -2.11. The van der Waals surface area contributed by atoms with Gasteiger partial charge in [0, 0.05) is 11.1 Å². The van der Waals surface area contributed by atoms with E-state index in [-0.39, 0.29) is 22.1 Å². The summed E-state index contributed by atoms with van der Waals surface area (Å²) in [5, 5.41) is 0. The lowest BCUT2D eigenvalue weighted by atomic mass is 10.1. The fourth-order valence-corrected chi connectivity index (χ4v) is 3.57. The molecule has 2 aromatic rings. The van der Waals surface area contributed by atoms with E-state index in [0.29, 0.717) is 11.1 Å². The summed E-state index contributed by atoms with van der Waals surface area (Å²) in [7, 11) is -3.45. The predicted octanol–water partition coefficient (Wildman–Crippen LogP) is 2.57. The van der Waals surface area contributed by atoms with Crippen molar-refractivity contribution in [1.82, 2.24) is 0 Å². The fourth-order valence-electron chi connectivity index (χ4n) is 1.92. The third-order valence-electron chi connectivity index (χ3n) is 2.96. The summed E-state index contributed by atoms with van der Waals surface area (Å²) in [5.74, 6) is -0.986. The zero-order chi connectivity index (χ0) is 15.5. The molecule has 0 bridgehead atoms. The van der Waals surface area contributed by atoms with E-state index < -0.39 is 15.7 Å². The highest BCUT2D eigenvalue weighted by Crippen LogP contribution is 2.15. The molecule has 0 atom stereocenters. The largest absolute Gasteiger partial charge is 0.389 e. The van der Waals surface area contributed by atoms with Crippen LogP contribution in [0.4, 0.5) is 4.39 Å². The highest BCUT2D eigenvalue weighted by Gasteiger charge is 2.15. The molecule has 0 heterocycles. The van der Waals surface area contributed by atoms with Crippen LogP contribution in [0.5, 0.6) is 0 Å². The molecular formula is C15H14FNO2S2. The van der Waals surface area contributed by atoms with Crippen LogP contribution in [0.25, 0.3) is 0 Å². The third-order valence-corrected chi connectivity index (χ3v) is 4.72. The number of benzene rings is 2. The summed E-state index contributed by atoms with van der Waals surface area (Å²) in [6.45, 7) is 0. The Labute approximate surface area is 128 Å². The van der Waals surface area contributed by atoms with Crippen LogP contribution in [-0.4, -0.2) is 13.4 Å². The van der Waals surface area contributed by atoms with Crippen molar-refractivity contribution in [2.75, 3.05) is 0 Å². The maximum atomic E-state index is 13.5. The van der Waals surface area contributed by atoms with Crippen molar-refractivity contribution < 1.29 is 12.8 Å². The van der Waals surface area contributed by atoms with Crippen molar-refractivity contribution in [3.8, 4) is 0 Å². The molecular weight excluding hydrogens is 309 g/mol. The molecule has 110 valence electrons. The van der Waals surface area contributed by atoms with Gasteiger partial charge in [0.2, 0.25) is 0 Å². The van der Waals surface area contributed by atoms with E-state index in [4.69, 9.17) is 18.0 Å². The lowest BCUT2D eigenvalue weighted by molar-refractivity contribution is 0.586. The van der Waals surface area contributed by atoms with E-state index in [9.17, 15) is 12.8 Å². The monoisotopic (exact) mass is 323 g/mol. The number of nitrogens with two attached hydrogens (primary N) is 1. The van der Waals surface area contributed by atoms with Gasteiger partial charge in [0.1, 0.15) is 10.8 Å². The molecule has 0 aliphatic heterocycles. The van der Waals surface area contributed by atoms with Crippen LogP contribution in [0, 0.1) is 5.82 Å². The first-order valence-electron chi connectivity index (χ1n) is 6.20. The summed E-state index contributed by atoms with van der Waals surface area (Å²) < 4.78 is 37.8. The Morgan fingerprint density at radius 3 is 2.24 bits per heavy atom. The molecule has 0 aliphatic rings. The fraction of sp³-hybridized carbons (Fsp3) is 0.133. The van der Waals surface area contributed by atoms with E-state index >= 15 is 0 Å². The molecule has 0 radical (unpaired) electrons. The number of thiocarbonyl (C=S) groups is 1. The maximum Gasteiger partial charge on any atom is 0.158 e. The highest BCUT2D eigenvalue weighted by molar-refractivity contribution is 7.89. The average molecular weight is 323 g/mol. The molecule has 0 amide bonds. The van der Waals surface area contributed by atoms with Crippen molar-refractivity contribution in [2.24, 2.45) is 5.73 Å². The van der Waals surface area contributed by atoms with Gasteiger partial charge < -0.3 is 5.73 Å². The molecule has 2 aromatic carbocycles. The van der Waals surface area contributed by atoms with Gasteiger partial charge in [0.15, 0.2) is 9.84 Å². The van der Waals surface area contributed by atoms with Crippen LogP contribution in [-0.2, 0) is 21.3 Å². The van der Waals surface area contributed by atoms with Gasteiger partial charge in [-0.2, -0.15) is 0 Å². The van der Waals surface area contributed by atoms with Crippen LogP contribution >= 0.6 is 12.2 Å². The van der Waals surface area contributed by atoms with E-state index in [1.54, 1.807) is 30.3 Å². The normalized spacial score (nSPS) is 11.3. The topological polar surface area (TPSA) is 60.2 Å². The van der Waals surface area contributed by atoms with Crippen LogP contribution in [0.15, 0.2) is 48.5 Å². The number of hydrogen-bond acceptors (Lipinski definition) is 3. The highest BCUT2D eigenvalue weighted by atomic mass is 32.2. The Balaban J connectivity index is 2.14. The molecule has 21 heavy (non-hydrogen) atoms. The van der Waals surface area contributed by atoms with E-state index in [1.165, 1.54) is 18.2 Å². The molecule has 2 rings (SSSR count). The first-order chi connectivity index (χ1) is 9.87. The summed E-state index contributed by atoms with van der Waals surface area (Å²) >= 11 is 4.83. The molecule has 0 saturated carbocycles. The van der Waals surface area contributed by atoms with Gasteiger partial charge in [-0.25, -0.2) is 12.8 Å². The Kier molecular flexibility index (Phi) is 4.69. The lowest BCUT2D eigenvalue weighted by Gasteiger charge is -2.06. The second kappa shape index (κ2) is 6.32. The molecule has 2 N–H and O–H groups in total. The van der Waals surface area contributed by atoms with Crippen LogP contribution < -0.4 is 5.73 Å². The number of rotatable bonds is 5. The number of hydrogen-bond donors (Lipinski definition) is 1. The van der Waals surface area contributed by atoms with Crippen LogP contribution in [0.1, 0.15) is 16.7 Å². The van der Waals surface area contributed by atoms with Gasteiger partial charge in [0.05, 0.1) is 11.5 Å². The van der Waals surface area contributed by atoms with E-state index in [0.717, 1.165) is 0 Å². The average Bonchev–Trinajstić information content (AvgIpc) is 2.41. The van der Waals surface area contributed by atoms with Gasteiger partial charge >= 0.3 is 0 Å².